The zero-order valence-electron chi connectivity index (χ0n) is 10.6. The largest absolute Gasteiger partial charge is 0.372 e. The SMILES string of the molecule is CCN(CCC(C)CCCl)c1ccc(F)cc1. The molecule has 0 fully saturated rings. The van der Waals surface area contributed by atoms with Gasteiger partial charge in [0.15, 0.2) is 0 Å². The summed E-state index contributed by atoms with van der Waals surface area (Å²) in [6.45, 7) is 6.29. The van der Waals surface area contributed by atoms with E-state index in [1.165, 1.54) is 12.1 Å². The van der Waals surface area contributed by atoms with Crippen LogP contribution in [0.5, 0.6) is 0 Å². The lowest BCUT2D eigenvalue weighted by Gasteiger charge is -2.24. The monoisotopic (exact) mass is 257 g/mol. The van der Waals surface area contributed by atoms with Gasteiger partial charge in [0.05, 0.1) is 0 Å². The van der Waals surface area contributed by atoms with Crippen molar-refractivity contribution in [1.82, 2.24) is 0 Å². The van der Waals surface area contributed by atoms with Gasteiger partial charge >= 0.3 is 0 Å². The molecule has 0 aliphatic rings. The van der Waals surface area contributed by atoms with Crippen LogP contribution in [-0.4, -0.2) is 19.0 Å². The summed E-state index contributed by atoms with van der Waals surface area (Å²) >= 11 is 5.72. The van der Waals surface area contributed by atoms with Crippen molar-refractivity contribution in [2.75, 3.05) is 23.9 Å². The van der Waals surface area contributed by atoms with E-state index >= 15 is 0 Å². The summed E-state index contributed by atoms with van der Waals surface area (Å²) in [6.07, 6.45) is 2.18. The summed E-state index contributed by atoms with van der Waals surface area (Å²) in [5, 5.41) is 0. The standard InChI is InChI=1S/C14H21ClFN/c1-3-17(11-9-12(2)8-10-15)14-6-4-13(16)5-7-14/h4-7,12H,3,8-11H2,1-2H3. The first-order valence-electron chi connectivity index (χ1n) is 6.23. The molecule has 0 heterocycles. The molecule has 0 aliphatic heterocycles. The van der Waals surface area contributed by atoms with E-state index in [4.69, 9.17) is 11.6 Å². The maximum Gasteiger partial charge on any atom is 0.123 e. The van der Waals surface area contributed by atoms with Gasteiger partial charge < -0.3 is 4.90 Å². The molecule has 0 bridgehead atoms. The third-order valence-corrected chi connectivity index (χ3v) is 3.29. The Labute approximate surface area is 109 Å². The first-order chi connectivity index (χ1) is 8.17. The molecule has 1 aromatic carbocycles. The molecule has 1 atom stereocenters. The van der Waals surface area contributed by atoms with E-state index in [1.807, 2.05) is 12.1 Å². The molecular weight excluding hydrogens is 237 g/mol. The van der Waals surface area contributed by atoms with E-state index in [2.05, 4.69) is 18.7 Å². The summed E-state index contributed by atoms with van der Waals surface area (Å²) in [5.41, 5.74) is 1.09. The number of halogens is 2. The van der Waals surface area contributed by atoms with E-state index in [0.29, 0.717) is 5.92 Å². The van der Waals surface area contributed by atoms with E-state index in [-0.39, 0.29) is 5.82 Å². The molecule has 1 nitrogen and oxygen atoms in total. The molecule has 3 heteroatoms. The first kappa shape index (κ1) is 14.3. The number of anilines is 1. The maximum absolute atomic E-state index is 12.8. The van der Waals surface area contributed by atoms with Crippen molar-refractivity contribution in [3.63, 3.8) is 0 Å². The number of alkyl halides is 1. The van der Waals surface area contributed by atoms with Gasteiger partial charge in [-0.3, -0.25) is 0 Å². The molecule has 0 aliphatic carbocycles. The molecule has 0 aromatic heterocycles. The molecule has 0 saturated heterocycles. The lowest BCUT2D eigenvalue weighted by Crippen LogP contribution is -2.25. The fraction of sp³-hybridized carbons (Fsp3) is 0.571. The van der Waals surface area contributed by atoms with Gasteiger partial charge in [0.2, 0.25) is 0 Å². The Morgan fingerprint density at radius 1 is 1.24 bits per heavy atom. The summed E-state index contributed by atoms with van der Waals surface area (Å²) < 4.78 is 12.8. The molecule has 0 spiro atoms. The van der Waals surface area contributed by atoms with E-state index in [9.17, 15) is 4.39 Å². The quantitative estimate of drug-likeness (QED) is 0.658. The van der Waals surface area contributed by atoms with Crippen LogP contribution in [0, 0.1) is 11.7 Å². The highest BCUT2D eigenvalue weighted by atomic mass is 35.5. The van der Waals surface area contributed by atoms with Crippen molar-refractivity contribution in [1.29, 1.82) is 0 Å². The van der Waals surface area contributed by atoms with Crippen molar-refractivity contribution in [2.24, 2.45) is 5.92 Å². The molecule has 0 saturated carbocycles. The fourth-order valence-electron chi connectivity index (χ4n) is 1.83. The Balaban J connectivity index is 2.51. The molecule has 17 heavy (non-hydrogen) atoms. The van der Waals surface area contributed by atoms with Gasteiger partial charge in [0.25, 0.3) is 0 Å². The summed E-state index contributed by atoms with van der Waals surface area (Å²) in [4.78, 5) is 2.27. The zero-order chi connectivity index (χ0) is 12.7. The van der Waals surface area contributed by atoms with Crippen molar-refractivity contribution in [3.8, 4) is 0 Å². The number of nitrogens with zero attached hydrogens (tertiary/aromatic N) is 1. The molecule has 96 valence electrons. The van der Waals surface area contributed by atoms with Crippen molar-refractivity contribution < 1.29 is 4.39 Å². The number of benzene rings is 1. The van der Waals surface area contributed by atoms with Crippen molar-refractivity contribution in [3.05, 3.63) is 30.1 Å². The average molecular weight is 258 g/mol. The van der Waals surface area contributed by atoms with Gasteiger partial charge in [-0.1, -0.05) is 6.92 Å². The molecule has 0 N–H and O–H groups in total. The van der Waals surface area contributed by atoms with Gasteiger partial charge in [0.1, 0.15) is 5.82 Å². The normalized spacial score (nSPS) is 12.5. The molecule has 0 amide bonds. The fourth-order valence-corrected chi connectivity index (χ4v) is 2.20. The molecule has 1 rings (SSSR count). The minimum absolute atomic E-state index is 0.180. The van der Waals surface area contributed by atoms with Crippen LogP contribution in [0.25, 0.3) is 0 Å². The number of hydrogen-bond donors (Lipinski definition) is 0. The zero-order valence-corrected chi connectivity index (χ0v) is 11.4. The molecule has 0 radical (unpaired) electrons. The summed E-state index contributed by atoms with van der Waals surface area (Å²) in [7, 11) is 0. The van der Waals surface area contributed by atoms with E-state index in [1.54, 1.807) is 0 Å². The highest BCUT2D eigenvalue weighted by Crippen LogP contribution is 2.17. The predicted octanol–water partition coefficient (Wildman–Crippen LogP) is 4.31. The minimum atomic E-state index is -0.180. The van der Waals surface area contributed by atoms with Crippen LogP contribution in [0.15, 0.2) is 24.3 Å². The second-order valence-corrected chi connectivity index (χ2v) is 4.81. The number of hydrogen-bond acceptors (Lipinski definition) is 1. The first-order valence-corrected chi connectivity index (χ1v) is 6.77. The lowest BCUT2D eigenvalue weighted by molar-refractivity contribution is 0.515. The van der Waals surface area contributed by atoms with Gasteiger partial charge in [-0.15, -0.1) is 11.6 Å². The highest BCUT2D eigenvalue weighted by molar-refractivity contribution is 6.17. The Hall–Kier alpha value is -0.760. The van der Waals surface area contributed by atoms with E-state index in [0.717, 1.165) is 37.5 Å². The van der Waals surface area contributed by atoms with Gasteiger partial charge in [0, 0.05) is 24.7 Å². The van der Waals surface area contributed by atoms with Crippen LogP contribution in [0.4, 0.5) is 10.1 Å². The second-order valence-electron chi connectivity index (χ2n) is 4.43. The van der Waals surface area contributed by atoms with Crippen LogP contribution < -0.4 is 4.90 Å². The third-order valence-electron chi connectivity index (χ3n) is 3.07. The van der Waals surface area contributed by atoms with Gasteiger partial charge in [-0.05, 0) is 49.9 Å². The summed E-state index contributed by atoms with van der Waals surface area (Å²) in [5.74, 6) is 1.19. The Bertz CT molecular complexity index is 313. The smallest absolute Gasteiger partial charge is 0.123 e. The average Bonchev–Trinajstić information content (AvgIpc) is 2.32. The maximum atomic E-state index is 12.8. The Morgan fingerprint density at radius 3 is 2.41 bits per heavy atom. The Kier molecular flexibility index (Phi) is 6.35. The van der Waals surface area contributed by atoms with Gasteiger partial charge in [-0.25, -0.2) is 4.39 Å². The van der Waals surface area contributed by atoms with Crippen molar-refractivity contribution >= 4 is 17.3 Å². The van der Waals surface area contributed by atoms with Crippen molar-refractivity contribution in [2.45, 2.75) is 26.7 Å². The molecular formula is C14H21ClFN. The second kappa shape index (κ2) is 7.54. The lowest BCUT2D eigenvalue weighted by atomic mass is 10.0. The predicted molar refractivity (Wildman–Crippen MR) is 73.4 cm³/mol. The van der Waals surface area contributed by atoms with Crippen LogP contribution >= 0.6 is 11.6 Å². The highest BCUT2D eigenvalue weighted by Gasteiger charge is 2.07. The summed E-state index contributed by atoms with van der Waals surface area (Å²) in [6, 6.07) is 6.70. The van der Waals surface area contributed by atoms with Crippen LogP contribution in [-0.2, 0) is 0 Å². The third kappa shape index (κ3) is 4.95. The minimum Gasteiger partial charge on any atom is -0.372 e. The Morgan fingerprint density at radius 2 is 1.88 bits per heavy atom. The van der Waals surface area contributed by atoms with E-state index < -0.39 is 0 Å². The van der Waals surface area contributed by atoms with Crippen LogP contribution in [0.2, 0.25) is 0 Å². The topological polar surface area (TPSA) is 3.24 Å². The molecule has 1 aromatic rings. The van der Waals surface area contributed by atoms with Crippen LogP contribution in [0.1, 0.15) is 26.7 Å². The molecule has 1 unspecified atom stereocenters. The van der Waals surface area contributed by atoms with Crippen LogP contribution in [0.3, 0.4) is 0 Å². The number of rotatable bonds is 7. The van der Waals surface area contributed by atoms with Gasteiger partial charge in [-0.2, -0.15) is 0 Å².